The molecule has 1 amide bonds. The van der Waals surface area contributed by atoms with Gasteiger partial charge in [-0.1, -0.05) is 0 Å². The normalized spacial score (nSPS) is 25.2. The summed E-state index contributed by atoms with van der Waals surface area (Å²) in [7, 11) is 0. The molecule has 0 radical (unpaired) electrons. The predicted molar refractivity (Wildman–Crippen MR) is 68.2 cm³/mol. The first-order valence-electron chi connectivity index (χ1n) is 6.89. The lowest BCUT2D eigenvalue weighted by atomic mass is 9.87. The van der Waals surface area contributed by atoms with Crippen LogP contribution >= 0.6 is 0 Å². The predicted octanol–water partition coefficient (Wildman–Crippen LogP) is 1.77. The van der Waals surface area contributed by atoms with Crippen LogP contribution in [0.25, 0.3) is 0 Å². The number of rotatable bonds is 2. The van der Waals surface area contributed by atoms with E-state index in [4.69, 9.17) is 4.74 Å². The molecule has 0 unspecified atom stereocenters. The van der Waals surface area contributed by atoms with Crippen molar-refractivity contribution in [3.8, 4) is 0 Å². The largest absolute Gasteiger partial charge is 0.381 e. The van der Waals surface area contributed by atoms with Gasteiger partial charge in [0.05, 0.1) is 0 Å². The maximum absolute atomic E-state index is 12.4. The lowest BCUT2D eigenvalue weighted by molar-refractivity contribution is -0.143. The fourth-order valence-electron chi connectivity index (χ4n) is 2.98. The maximum atomic E-state index is 12.4. The Morgan fingerprint density at radius 3 is 2.67 bits per heavy atom. The Morgan fingerprint density at radius 1 is 1.39 bits per heavy atom. The van der Waals surface area contributed by atoms with E-state index < -0.39 is 0 Å². The van der Waals surface area contributed by atoms with Gasteiger partial charge in [-0.15, -0.1) is 0 Å². The van der Waals surface area contributed by atoms with E-state index in [1.165, 1.54) is 0 Å². The third-order valence-electron chi connectivity index (χ3n) is 4.08. The van der Waals surface area contributed by atoms with Crippen LogP contribution in [0.2, 0.25) is 0 Å². The van der Waals surface area contributed by atoms with Gasteiger partial charge in [-0.3, -0.25) is 9.59 Å². The second kappa shape index (κ2) is 5.39. The summed E-state index contributed by atoms with van der Waals surface area (Å²) in [5, 5.41) is 0. The van der Waals surface area contributed by atoms with E-state index in [0.29, 0.717) is 31.7 Å². The first-order chi connectivity index (χ1) is 8.49. The smallest absolute Gasteiger partial charge is 0.223 e. The van der Waals surface area contributed by atoms with E-state index >= 15 is 0 Å². The minimum absolute atomic E-state index is 0.208. The molecular weight excluding hydrogens is 230 g/mol. The van der Waals surface area contributed by atoms with Crippen molar-refractivity contribution in [3.63, 3.8) is 0 Å². The van der Waals surface area contributed by atoms with Gasteiger partial charge in [0.25, 0.3) is 0 Å². The van der Waals surface area contributed by atoms with Crippen LogP contribution < -0.4 is 0 Å². The van der Waals surface area contributed by atoms with E-state index in [1.807, 2.05) is 18.7 Å². The molecule has 0 aromatic carbocycles. The van der Waals surface area contributed by atoms with Crippen molar-refractivity contribution in [2.75, 3.05) is 19.8 Å². The molecule has 2 fully saturated rings. The molecule has 0 atom stereocenters. The van der Waals surface area contributed by atoms with Crippen LogP contribution in [0.3, 0.4) is 0 Å². The number of hydrogen-bond acceptors (Lipinski definition) is 3. The quantitative estimate of drug-likeness (QED) is 0.753. The molecule has 0 aromatic heterocycles. The molecule has 0 spiro atoms. The lowest BCUT2D eigenvalue weighted by Crippen LogP contribution is -2.53. The molecule has 0 aromatic rings. The van der Waals surface area contributed by atoms with E-state index in [0.717, 1.165) is 26.1 Å². The molecular formula is C14H23NO3. The molecule has 0 bridgehead atoms. The number of piperidine rings is 1. The highest BCUT2D eigenvalue weighted by Gasteiger charge is 2.37. The Morgan fingerprint density at radius 2 is 2.06 bits per heavy atom. The maximum Gasteiger partial charge on any atom is 0.223 e. The molecule has 2 rings (SSSR count). The Hall–Kier alpha value is -0.900. The second-order valence-electron chi connectivity index (χ2n) is 6.08. The SMILES string of the molecule is CC1(C)CC(=O)CCN1C(=O)CC1CCOCC1. The molecule has 102 valence electrons. The van der Waals surface area contributed by atoms with Gasteiger partial charge in [-0.2, -0.15) is 0 Å². The molecule has 0 saturated carbocycles. The number of amides is 1. The zero-order valence-corrected chi connectivity index (χ0v) is 11.4. The summed E-state index contributed by atoms with van der Waals surface area (Å²) in [5.74, 6) is 0.939. The van der Waals surface area contributed by atoms with E-state index in [2.05, 4.69) is 0 Å². The summed E-state index contributed by atoms with van der Waals surface area (Å²) in [6.07, 6.45) is 3.59. The highest BCUT2D eigenvalue weighted by atomic mass is 16.5. The van der Waals surface area contributed by atoms with Crippen molar-refractivity contribution in [2.45, 2.75) is 51.5 Å². The number of carbonyl (C=O) groups is 2. The van der Waals surface area contributed by atoms with Crippen LogP contribution in [-0.4, -0.2) is 41.9 Å². The van der Waals surface area contributed by atoms with Gasteiger partial charge >= 0.3 is 0 Å². The van der Waals surface area contributed by atoms with Gasteiger partial charge in [0.15, 0.2) is 0 Å². The first kappa shape index (κ1) is 13.5. The van der Waals surface area contributed by atoms with Gasteiger partial charge in [-0.25, -0.2) is 0 Å². The Labute approximate surface area is 109 Å². The molecule has 0 N–H and O–H groups in total. The van der Waals surface area contributed by atoms with Crippen LogP contribution in [0.5, 0.6) is 0 Å². The minimum atomic E-state index is -0.308. The Bertz CT molecular complexity index is 332. The number of hydrogen-bond donors (Lipinski definition) is 0. The van der Waals surface area contributed by atoms with Gasteiger partial charge in [0, 0.05) is 44.6 Å². The van der Waals surface area contributed by atoms with Gasteiger partial charge in [0.2, 0.25) is 5.91 Å². The Balaban J connectivity index is 1.93. The topological polar surface area (TPSA) is 46.6 Å². The molecule has 2 aliphatic rings. The fourth-order valence-corrected chi connectivity index (χ4v) is 2.98. The van der Waals surface area contributed by atoms with Crippen molar-refractivity contribution in [1.82, 2.24) is 4.90 Å². The average molecular weight is 253 g/mol. The molecule has 2 heterocycles. The summed E-state index contributed by atoms with van der Waals surface area (Å²) in [6.45, 7) is 6.13. The second-order valence-corrected chi connectivity index (χ2v) is 6.08. The third-order valence-corrected chi connectivity index (χ3v) is 4.08. The zero-order chi connectivity index (χ0) is 13.2. The van der Waals surface area contributed by atoms with Crippen LogP contribution in [0.4, 0.5) is 0 Å². The fraction of sp³-hybridized carbons (Fsp3) is 0.857. The van der Waals surface area contributed by atoms with Crippen molar-refractivity contribution >= 4 is 11.7 Å². The molecule has 2 saturated heterocycles. The molecule has 4 heteroatoms. The van der Waals surface area contributed by atoms with Crippen molar-refractivity contribution in [2.24, 2.45) is 5.92 Å². The number of Topliss-reactive ketones (excluding diaryl/α,β-unsaturated/α-hetero) is 1. The van der Waals surface area contributed by atoms with Crippen molar-refractivity contribution < 1.29 is 14.3 Å². The summed E-state index contributed by atoms with van der Waals surface area (Å²) >= 11 is 0. The van der Waals surface area contributed by atoms with Crippen molar-refractivity contribution in [1.29, 1.82) is 0 Å². The first-order valence-corrected chi connectivity index (χ1v) is 6.89. The summed E-state index contributed by atoms with van der Waals surface area (Å²) in [4.78, 5) is 25.8. The number of carbonyl (C=O) groups excluding carboxylic acids is 2. The lowest BCUT2D eigenvalue weighted by Gasteiger charge is -2.42. The highest BCUT2D eigenvalue weighted by molar-refractivity contribution is 5.85. The van der Waals surface area contributed by atoms with Gasteiger partial charge < -0.3 is 9.64 Å². The zero-order valence-electron chi connectivity index (χ0n) is 11.4. The van der Waals surface area contributed by atoms with Crippen LogP contribution in [0.1, 0.15) is 46.0 Å². The van der Waals surface area contributed by atoms with Crippen LogP contribution in [0.15, 0.2) is 0 Å². The molecule has 18 heavy (non-hydrogen) atoms. The number of likely N-dealkylation sites (tertiary alicyclic amines) is 1. The van der Waals surface area contributed by atoms with E-state index in [1.54, 1.807) is 0 Å². The monoisotopic (exact) mass is 253 g/mol. The van der Waals surface area contributed by atoms with E-state index in [9.17, 15) is 9.59 Å². The van der Waals surface area contributed by atoms with Crippen molar-refractivity contribution in [3.05, 3.63) is 0 Å². The summed E-state index contributed by atoms with van der Waals surface area (Å²) < 4.78 is 5.31. The standard InChI is InChI=1S/C14H23NO3/c1-14(2)10-12(16)3-6-15(14)13(17)9-11-4-7-18-8-5-11/h11H,3-10H2,1-2H3. The average Bonchev–Trinajstić information content (AvgIpc) is 2.28. The molecule has 2 aliphatic heterocycles. The van der Waals surface area contributed by atoms with Crippen LogP contribution in [-0.2, 0) is 14.3 Å². The Kier molecular flexibility index (Phi) is 4.05. The number of ketones is 1. The number of nitrogens with zero attached hydrogens (tertiary/aromatic N) is 1. The molecule has 0 aliphatic carbocycles. The van der Waals surface area contributed by atoms with Crippen LogP contribution in [0, 0.1) is 5.92 Å². The van der Waals surface area contributed by atoms with E-state index in [-0.39, 0.29) is 17.2 Å². The van der Waals surface area contributed by atoms with Gasteiger partial charge in [-0.05, 0) is 32.6 Å². The molecule has 4 nitrogen and oxygen atoms in total. The third kappa shape index (κ3) is 3.10. The number of ether oxygens (including phenoxy) is 1. The summed E-state index contributed by atoms with van der Waals surface area (Å²) in [5.41, 5.74) is -0.308. The minimum Gasteiger partial charge on any atom is -0.381 e. The summed E-state index contributed by atoms with van der Waals surface area (Å²) in [6, 6.07) is 0. The van der Waals surface area contributed by atoms with Gasteiger partial charge in [0.1, 0.15) is 5.78 Å². The highest BCUT2D eigenvalue weighted by Crippen LogP contribution is 2.28.